The average molecular weight is 274 g/mol. The first kappa shape index (κ1) is 9.61. The number of benzene rings is 1. The van der Waals surface area contributed by atoms with E-state index in [9.17, 15) is 4.39 Å². The molecule has 72 valence electrons. The molecule has 5 heteroatoms. The molecule has 1 aromatic heterocycles. The largest absolute Gasteiger partial charge is 0.430 e. The second-order valence-electron chi connectivity index (χ2n) is 2.47. The summed E-state index contributed by atoms with van der Waals surface area (Å²) < 4.78 is 18.9. The second-order valence-corrected chi connectivity index (χ2v) is 4.19. The quantitative estimate of drug-likeness (QED) is 0.830. The minimum Gasteiger partial charge on any atom is -0.430 e. The highest BCUT2D eigenvalue weighted by Gasteiger charge is 2.05. The number of aromatic nitrogens is 1. The number of hydrogen-bond donors (Lipinski definition) is 0. The summed E-state index contributed by atoms with van der Waals surface area (Å²) >= 11 is 4.62. The van der Waals surface area contributed by atoms with E-state index >= 15 is 0 Å². The highest BCUT2D eigenvalue weighted by molar-refractivity contribution is 9.10. The molecule has 0 aliphatic heterocycles. The number of nitrogens with zero attached hydrogens (tertiary/aromatic N) is 1. The first-order valence-corrected chi connectivity index (χ1v) is 5.45. The minimum atomic E-state index is -0.334. The van der Waals surface area contributed by atoms with E-state index in [1.54, 1.807) is 17.6 Å². The Morgan fingerprint density at radius 3 is 3.00 bits per heavy atom. The van der Waals surface area contributed by atoms with Gasteiger partial charge in [-0.15, -0.1) is 0 Å². The molecule has 0 unspecified atom stereocenters. The fourth-order valence-electron chi connectivity index (χ4n) is 0.910. The van der Waals surface area contributed by atoms with Crippen LogP contribution in [-0.2, 0) is 0 Å². The molecule has 0 N–H and O–H groups in total. The monoisotopic (exact) mass is 273 g/mol. The van der Waals surface area contributed by atoms with Gasteiger partial charge in [-0.2, -0.15) is 0 Å². The van der Waals surface area contributed by atoms with Crippen LogP contribution in [0.4, 0.5) is 4.39 Å². The molecule has 0 aliphatic carbocycles. The molecule has 0 radical (unpaired) electrons. The van der Waals surface area contributed by atoms with E-state index in [0.717, 1.165) is 0 Å². The fraction of sp³-hybridized carbons (Fsp3) is 0. The fourth-order valence-corrected chi connectivity index (χ4v) is 1.74. The van der Waals surface area contributed by atoms with E-state index in [1.807, 2.05) is 0 Å². The molecule has 0 bridgehead atoms. The molecule has 0 saturated carbocycles. The average Bonchev–Trinajstić information content (AvgIpc) is 2.64. The van der Waals surface area contributed by atoms with Gasteiger partial charge in [-0.1, -0.05) is 11.3 Å². The Balaban J connectivity index is 2.28. The molecule has 2 nitrogen and oxygen atoms in total. The van der Waals surface area contributed by atoms with Gasteiger partial charge in [0.25, 0.3) is 5.19 Å². The van der Waals surface area contributed by atoms with Crippen LogP contribution in [-0.4, -0.2) is 4.98 Å². The van der Waals surface area contributed by atoms with Crippen LogP contribution >= 0.6 is 27.3 Å². The van der Waals surface area contributed by atoms with Gasteiger partial charge in [-0.25, -0.2) is 9.37 Å². The summed E-state index contributed by atoms with van der Waals surface area (Å²) in [7, 11) is 0. The predicted molar refractivity (Wildman–Crippen MR) is 56.3 cm³/mol. The minimum absolute atomic E-state index is 0.334. The number of halogens is 2. The molecule has 0 spiro atoms. The Hall–Kier alpha value is -0.940. The van der Waals surface area contributed by atoms with Gasteiger partial charge in [0, 0.05) is 17.6 Å². The molecule has 2 aromatic rings. The van der Waals surface area contributed by atoms with E-state index in [-0.39, 0.29) is 5.82 Å². The first-order chi connectivity index (χ1) is 6.75. The lowest BCUT2D eigenvalue weighted by Crippen LogP contribution is -1.85. The van der Waals surface area contributed by atoms with E-state index in [4.69, 9.17) is 4.74 Å². The number of ether oxygens (including phenoxy) is 1. The van der Waals surface area contributed by atoms with Crippen LogP contribution in [0.15, 0.2) is 34.2 Å². The van der Waals surface area contributed by atoms with Gasteiger partial charge in [0.2, 0.25) is 0 Å². The zero-order chi connectivity index (χ0) is 9.97. The van der Waals surface area contributed by atoms with Crippen molar-refractivity contribution in [3.05, 3.63) is 40.1 Å². The maximum Gasteiger partial charge on any atom is 0.278 e. The number of thiazole rings is 1. The van der Waals surface area contributed by atoms with Gasteiger partial charge in [0.15, 0.2) is 0 Å². The van der Waals surface area contributed by atoms with Crippen molar-refractivity contribution < 1.29 is 9.13 Å². The van der Waals surface area contributed by atoms with Crippen LogP contribution in [0.5, 0.6) is 10.9 Å². The second kappa shape index (κ2) is 4.06. The van der Waals surface area contributed by atoms with Gasteiger partial charge in [-0.05, 0) is 28.1 Å². The van der Waals surface area contributed by atoms with Crippen molar-refractivity contribution in [2.75, 3.05) is 0 Å². The predicted octanol–water partition coefficient (Wildman–Crippen LogP) is 3.84. The molecule has 2 rings (SSSR count). The third-order valence-electron chi connectivity index (χ3n) is 1.50. The molecule has 1 aromatic carbocycles. The van der Waals surface area contributed by atoms with Crippen molar-refractivity contribution in [2.45, 2.75) is 0 Å². The summed E-state index contributed by atoms with van der Waals surface area (Å²) in [6.45, 7) is 0. The Labute approximate surface area is 92.5 Å². The van der Waals surface area contributed by atoms with Crippen LogP contribution < -0.4 is 4.74 Å². The topological polar surface area (TPSA) is 22.1 Å². The number of rotatable bonds is 2. The van der Waals surface area contributed by atoms with Crippen LogP contribution in [0, 0.1) is 5.82 Å². The Bertz CT molecular complexity index is 432. The van der Waals surface area contributed by atoms with Crippen LogP contribution in [0.2, 0.25) is 0 Å². The molecule has 0 fully saturated rings. The highest BCUT2D eigenvalue weighted by atomic mass is 79.9. The molecule has 0 amide bonds. The maximum atomic E-state index is 12.9. The maximum absolute atomic E-state index is 12.9. The number of hydrogen-bond acceptors (Lipinski definition) is 3. The van der Waals surface area contributed by atoms with Gasteiger partial charge in [-0.3, -0.25) is 0 Å². The summed E-state index contributed by atoms with van der Waals surface area (Å²) in [4.78, 5) is 3.94. The summed E-state index contributed by atoms with van der Waals surface area (Å²) in [5.41, 5.74) is 0. The SMILES string of the molecule is Fc1ccc(Br)c(Oc2nccs2)c1. The van der Waals surface area contributed by atoms with Gasteiger partial charge < -0.3 is 4.74 Å². The summed E-state index contributed by atoms with van der Waals surface area (Å²) in [5.74, 6) is 0.0970. The van der Waals surface area contributed by atoms with Crippen molar-refractivity contribution in [1.82, 2.24) is 4.98 Å². The lowest BCUT2D eigenvalue weighted by atomic mass is 10.3. The van der Waals surface area contributed by atoms with E-state index < -0.39 is 0 Å². The normalized spacial score (nSPS) is 10.1. The molecule has 14 heavy (non-hydrogen) atoms. The first-order valence-electron chi connectivity index (χ1n) is 3.78. The van der Waals surface area contributed by atoms with Crippen LogP contribution in [0.25, 0.3) is 0 Å². The molecule has 0 atom stereocenters. The lowest BCUT2D eigenvalue weighted by molar-refractivity contribution is 0.470. The molecular weight excluding hydrogens is 269 g/mol. The summed E-state index contributed by atoms with van der Waals surface area (Å²) in [6.07, 6.45) is 1.63. The Kier molecular flexibility index (Phi) is 2.79. The zero-order valence-corrected chi connectivity index (χ0v) is 9.31. The molecule has 1 heterocycles. The molecule has 0 saturated heterocycles. The van der Waals surface area contributed by atoms with E-state index in [0.29, 0.717) is 15.4 Å². The van der Waals surface area contributed by atoms with Gasteiger partial charge in [0.1, 0.15) is 11.6 Å². The van der Waals surface area contributed by atoms with Crippen molar-refractivity contribution in [2.24, 2.45) is 0 Å². The van der Waals surface area contributed by atoms with Crippen LogP contribution in [0.1, 0.15) is 0 Å². The van der Waals surface area contributed by atoms with Crippen molar-refractivity contribution in [3.8, 4) is 10.9 Å². The summed E-state index contributed by atoms with van der Waals surface area (Å²) in [6, 6.07) is 4.27. The van der Waals surface area contributed by atoms with Crippen molar-refractivity contribution >= 4 is 27.3 Å². The smallest absolute Gasteiger partial charge is 0.278 e. The van der Waals surface area contributed by atoms with E-state index in [1.165, 1.54) is 23.5 Å². The standard InChI is InChI=1S/C9H5BrFNOS/c10-7-2-1-6(11)5-8(7)13-9-12-3-4-14-9/h1-5H. The summed E-state index contributed by atoms with van der Waals surface area (Å²) in [5, 5.41) is 2.29. The molecule has 0 aliphatic rings. The zero-order valence-electron chi connectivity index (χ0n) is 6.91. The lowest BCUT2D eigenvalue weighted by Gasteiger charge is -2.03. The van der Waals surface area contributed by atoms with Gasteiger partial charge in [0.05, 0.1) is 4.47 Å². The third kappa shape index (κ3) is 2.10. The Morgan fingerprint density at radius 1 is 1.43 bits per heavy atom. The van der Waals surface area contributed by atoms with Crippen molar-refractivity contribution in [1.29, 1.82) is 0 Å². The van der Waals surface area contributed by atoms with Crippen LogP contribution in [0.3, 0.4) is 0 Å². The third-order valence-corrected chi connectivity index (χ3v) is 2.80. The Morgan fingerprint density at radius 2 is 2.29 bits per heavy atom. The van der Waals surface area contributed by atoms with E-state index in [2.05, 4.69) is 20.9 Å². The van der Waals surface area contributed by atoms with Gasteiger partial charge >= 0.3 is 0 Å². The molecular formula is C9H5BrFNOS. The highest BCUT2D eigenvalue weighted by Crippen LogP contribution is 2.30. The van der Waals surface area contributed by atoms with Crippen molar-refractivity contribution in [3.63, 3.8) is 0 Å².